The Morgan fingerprint density at radius 3 is 2.67 bits per heavy atom. The summed E-state index contributed by atoms with van der Waals surface area (Å²) in [5.74, 6) is 0. The first-order chi connectivity index (χ1) is 8.49. The molecule has 0 aliphatic heterocycles. The van der Waals surface area contributed by atoms with E-state index >= 15 is 0 Å². The highest BCUT2D eigenvalue weighted by Crippen LogP contribution is 2.31. The first kappa shape index (κ1) is 13.8. The van der Waals surface area contributed by atoms with Gasteiger partial charge in [0.2, 0.25) is 0 Å². The molecule has 2 aromatic rings. The van der Waals surface area contributed by atoms with Gasteiger partial charge in [0.1, 0.15) is 0 Å². The lowest BCUT2D eigenvalue weighted by molar-refractivity contribution is 0.717. The van der Waals surface area contributed by atoms with E-state index < -0.39 is 0 Å². The van der Waals surface area contributed by atoms with E-state index in [0.29, 0.717) is 16.5 Å². The van der Waals surface area contributed by atoms with Crippen LogP contribution >= 0.6 is 34.5 Å². The van der Waals surface area contributed by atoms with Crippen LogP contribution in [0, 0.1) is 13.8 Å². The van der Waals surface area contributed by atoms with Crippen LogP contribution in [-0.4, -0.2) is 4.98 Å². The van der Waals surface area contributed by atoms with E-state index in [-0.39, 0.29) is 6.04 Å². The van der Waals surface area contributed by atoms with Crippen LogP contribution in [-0.2, 0) is 6.42 Å². The first-order valence-corrected chi connectivity index (χ1v) is 7.18. The third-order valence-electron chi connectivity index (χ3n) is 2.85. The van der Waals surface area contributed by atoms with Gasteiger partial charge < -0.3 is 5.73 Å². The number of nitrogens with two attached hydrogens (primary N) is 1. The highest BCUT2D eigenvalue weighted by atomic mass is 35.5. The topological polar surface area (TPSA) is 38.9 Å². The maximum atomic E-state index is 6.18. The van der Waals surface area contributed by atoms with Crippen molar-refractivity contribution in [1.82, 2.24) is 4.98 Å². The van der Waals surface area contributed by atoms with Gasteiger partial charge in [0.15, 0.2) is 0 Å². The van der Waals surface area contributed by atoms with Gasteiger partial charge in [-0.3, -0.25) is 0 Å². The average Bonchev–Trinajstić information content (AvgIpc) is 2.61. The fourth-order valence-electron chi connectivity index (χ4n) is 1.73. The van der Waals surface area contributed by atoms with Crippen LogP contribution in [0.5, 0.6) is 0 Å². The zero-order valence-electron chi connectivity index (χ0n) is 10.2. The summed E-state index contributed by atoms with van der Waals surface area (Å²) in [5, 5.41) is 2.11. The standard InChI is InChI=1S/C13H14Cl2N2S/c1-7-8(2)18-12(17-7)6-11(16)9-4-3-5-10(14)13(9)15/h3-5,11H,6,16H2,1-2H3. The zero-order valence-corrected chi connectivity index (χ0v) is 12.5. The molecule has 0 aliphatic rings. The molecule has 18 heavy (non-hydrogen) atoms. The van der Waals surface area contributed by atoms with Crippen LogP contribution in [0.2, 0.25) is 10.0 Å². The van der Waals surface area contributed by atoms with Gasteiger partial charge >= 0.3 is 0 Å². The summed E-state index contributed by atoms with van der Waals surface area (Å²) >= 11 is 13.8. The monoisotopic (exact) mass is 300 g/mol. The molecule has 1 heterocycles. The quantitative estimate of drug-likeness (QED) is 0.917. The van der Waals surface area contributed by atoms with Crippen molar-refractivity contribution in [2.24, 2.45) is 5.73 Å². The summed E-state index contributed by atoms with van der Waals surface area (Å²) in [7, 11) is 0. The maximum Gasteiger partial charge on any atom is 0.0949 e. The van der Waals surface area contributed by atoms with Gasteiger partial charge in [-0.2, -0.15) is 0 Å². The fraction of sp³-hybridized carbons (Fsp3) is 0.308. The lowest BCUT2D eigenvalue weighted by Gasteiger charge is -2.12. The molecule has 2 N–H and O–H groups in total. The van der Waals surface area contributed by atoms with Crippen molar-refractivity contribution in [1.29, 1.82) is 0 Å². The van der Waals surface area contributed by atoms with Crippen molar-refractivity contribution in [2.45, 2.75) is 26.3 Å². The van der Waals surface area contributed by atoms with Crippen LogP contribution in [0.1, 0.15) is 27.2 Å². The molecule has 0 spiro atoms. The first-order valence-electron chi connectivity index (χ1n) is 5.61. The lowest BCUT2D eigenvalue weighted by Crippen LogP contribution is -2.13. The normalized spacial score (nSPS) is 12.7. The Balaban J connectivity index is 2.21. The summed E-state index contributed by atoms with van der Waals surface area (Å²) in [5.41, 5.74) is 8.12. The van der Waals surface area contributed by atoms with Gasteiger partial charge in [-0.25, -0.2) is 4.98 Å². The number of nitrogens with zero attached hydrogens (tertiary/aromatic N) is 1. The third kappa shape index (κ3) is 2.86. The second-order valence-corrected chi connectivity index (χ2v) is 6.28. The van der Waals surface area contributed by atoms with Crippen LogP contribution in [0.3, 0.4) is 0 Å². The molecule has 1 aromatic heterocycles. The molecule has 5 heteroatoms. The molecule has 1 unspecified atom stereocenters. The summed E-state index contributed by atoms with van der Waals surface area (Å²) in [4.78, 5) is 5.72. The Morgan fingerprint density at radius 1 is 1.33 bits per heavy atom. The number of hydrogen-bond acceptors (Lipinski definition) is 3. The van der Waals surface area contributed by atoms with E-state index in [1.165, 1.54) is 4.88 Å². The van der Waals surface area contributed by atoms with E-state index in [0.717, 1.165) is 16.3 Å². The third-order valence-corrected chi connectivity index (χ3v) is 4.78. The minimum atomic E-state index is -0.179. The second kappa shape index (κ2) is 5.57. The van der Waals surface area contributed by atoms with Gasteiger partial charge in [-0.05, 0) is 25.5 Å². The predicted molar refractivity (Wildman–Crippen MR) is 78.7 cm³/mol. The summed E-state index contributed by atoms with van der Waals surface area (Å²) in [6.45, 7) is 4.07. The lowest BCUT2D eigenvalue weighted by atomic mass is 10.1. The van der Waals surface area contributed by atoms with E-state index in [1.54, 1.807) is 17.4 Å². The molecule has 96 valence electrons. The van der Waals surface area contributed by atoms with Gasteiger partial charge in [-0.15, -0.1) is 11.3 Å². The molecule has 0 radical (unpaired) electrons. The number of benzene rings is 1. The van der Waals surface area contributed by atoms with E-state index in [1.807, 2.05) is 19.1 Å². The van der Waals surface area contributed by atoms with Gasteiger partial charge in [0.25, 0.3) is 0 Å². The Hall–Kier alpha value is -0.610. The van der Waals surface area contributed by atoms with E-state index in [4.69, 9.17) is 28.9 Å². The number of aromatic nitrogens is 1. The molecular formula is C13H14Cl2N2S. The SMILES string of the molecule is Cc1nc(CC(N)c2cccc(Cl)c2Cl)sc1C. The van der Waals surface area contributed by atoms with Crippen LogP contribution < -0.4 is 5.73 Å². The molecule has 2 rings (SSSR count). The van der Waals surface area contributed by atoms with Crippen LogP contribution in [0.4, 0.5) is 0 Å². The number of thiazole rings is 1. The molecule has 0 saturated heterocycles. The molecular weight excluding hydrogens is 287 g/mol. The second-order valence-electron chi connectivity index (χ2n) is 4.20. The molecule has 0 fully saturated rings. The average molecular weight is 301 g/mol. The molecule has 2 nitrogen and oxygen atoms in total. The Bertz CT molecular complexity index is 547. The van der Waals surface area contributed by atoms with Crippen molar-refractivity contribution in [3.8, 4) is 0 Å². The molecule has 0 aliphatic carbocycles. The maximum absolute atomic E-state index is 6.18. The van der Waals surface area contributed by atoms with Crippen molar-refractivity contribution in [3.05, 3.63) is 49.4 Å². The van der Waals surface area contributed by atoms with Crippen molar-refractivity contribution in [2.75, 3.05) is 0 Å². The number of hydrogen-bond donors (Lipinski definition) is 1. The summed E-state index contributed by atoms with van der Waals surface area (Å²) in [6, 6.07) is 5.35. The van der Waals surface area contributed by atoms with Gasteiger partial charge in [0, 0.05) is 17.3 Å². The number of halogens is 2. The minimum absolute atomic E-state index is 0.179. The van der Waals surface area contributed by atoms with Crippen LogP contribution in [0.25, 0.3) is 0 Å². The highest BCUT2D eigenvalue weighted by molar-refractivity contribution is 7.11. The fourth-order valence-corrected chi connectivity index (χ4v) is 3.17. The molecule has 0 bridgehead atoms. The Morgan fingerprint density at radius 2 is 2.06 bits per heavy atom. The smallest absolute Gasteiger partial charge is 0.0949 e. The highest BCUT2D eigenvalue weighted by Gasteiger charge is 2.15. The zero-order chi connectivity index (χ0) is 13.3. The predicted octanol–water partition coefficient (Wildman–Crippen LogP) is 4.31. The van der Waals surface area contributed by atoms with Gasteiger partial charge in [-0.1, -0.05) is 35.3 Å². The van der Waals surface area contributed by atoms with Crippen molar-refractivity contribution < 1.29 is 0 Å². The number of aryl methyl sites for hydroxylation is 2. The van der Waals surface area contributed by atoms with E-state index in [2.05, 4.69) is 11.9 Å². The van der Waals surface area contributed by atoms with Crippen molar-refractivity contribution in [3.63, 3.8) is 0 Å². The minimum Gasteiger partial charge on any atom is -0.324 e. The molecule has 0 saturated carbocycles. The Labute approximate surface area is 121 Å². The summed E-state index contributed by atoms with van der Waals surface area (Å²) < 4.78 is 0. The summed E-state index contributed by atoms with van der Waals surface area (Å²) in [6.07, 6.45) is 0.680. The molecule has 0 amide bonds. The van der Waals surface area contributed by atoms with Crippen molar-refractivity contribution >= 4 is 34.5 Å². The molecule has 1 atom stereocenters. The molecule has 1 aromatic carbocycles. The van der Waals surface area contributed by atoms with Crippen LogP contribution in [0.15, 0.2) is 18.2 Å². The largest absolute Gasteiger partial charge is 0.324 e. The number of rotatable bonds is 3. The van der Waals surface area contributed by atoms with Gasteiger partial charge in [0.05, 0.1) is 20.7 Å². The Kier molecular flexibility index (Phi) is 4.28. The van der Waals surface area contributed by atoms with E-state index in [9.17, 15) is 0 Å².